The first-order valence-electron chi connectivity index (χ1n) is 15.5. The Morgan fingerprint density at radius 1 is 1.23 bits per heavy atom. The van der Waals surface area contributed by atoms with Crippen molar-refractivity contribution >= 4 is 27.5 Å². The van der Waals surface area contributed by atoms with Crippen LogP contribution < -0.4 is 9.46 Å². The van der Waals surface area contributed by atoms with Crippen LogP contribution in [0.1, 0.15) is 74.7 Å². The molecule has 264 valence electrons. The number of hydrogen-bond donors (Lipinski definition) is 2. The molecule has 2 N–H and O–H groups in total. The number of carbonyl (C=O) groups is 2. The number of likely N-dealkylation sites (N-methyl/N-ethyl adjacent to an activating group) is 1. The molecule has 0 saturated carbocycles. The van der Waals surface area contributed by atoms with Crippen LogP contribution in [0.25, 0.3) is 0 Å². The fourth-order valence-electron chi connectivity index (χ4n) is 5.32. The number of amides is 2. The number of aromatic nitrogens is 1. The van der Waals surface area contributed by atoms with Crippen LogP contribution in [-0.4, -0.2) is 98.1 Å². The van der Waals surface area contributed by atoms with E-state index in [0.717, 1.165) is 0 Å². The van der Waals surface area contributed by atoms with Crippen molar-refractivity contribution < 1.29 is 50.3 Å². The predicted octanol–water partition coefficient (Wildman–Crippen LogP) is 4.69. The summed E-state index contributed by atoms with van der Waals surface area (Å²) in [4.78, 5) is 29.3. The van der Waals surface area contributed by atoms with E-state index >= 15 is 0 Å². The minimum atomic E-state index is -4.46. The quantitative estimate of drug-likeness (QED) is 0.382. The number of sulfonamides is 1. The van der Waals surface area contributed by atoms with E-state index in [1.54, 1.807) is 13.8 Å². The summed E-state index contributed by atoms with van der Waals surface area (Å²) in [7, 11) is -2.72. The van der Waals surface area contributed by atoms with Gasteiger partial charge in [0.1, 0.15) is 11.4 Å². The molecule has 3 rings (SSSR count). The first-order valence-corrected chi connectivity index (χ1v) is 17.0. The number of rotatable bonds is 9. The Kier molecular flexibility index (Phi) is 13.1. The fourth-order valence-corrected chi connectivity index (χ4v) is 6.71. The number of ether oxygens (including phenoxy) is 2. The molecule has 0 bridgehead atoms. The number of aliphatic hydroxyl groups excluding tert-OH is 1. The number of nitrogens with zero attached hydrogens (tertiary/aromatic N) is 3. The lowest BCUT2D eigenvalue weighted by atomic mass is 10.0. The van der Waals surface area contributed by atoms with Crippen LogP contribution in [0.5, 0.6) is 5.75 Å². The first kappa shape index (κ1) is 38.1. The van der Waals surface area contributed by atoms with E-state index in [0.29, 0.717) is 25.9 Å². The van der Waals surface area contributed by atoms with Crippen molar-refractivity contribution in [2.75, 3.05) is 38.1 Å². The van der Waals surface area contributed by atoms with Crippen LogP contribution in [0, 0.1) is 19.8 Å². The minimum Gasteiger partial charge on any atom is -0.490 e. The van der Waals surface area contributed by atoms with Crippen molar-refractivity contribution in [3.05, 3.63) is 35.2 Å². The van der Waals surface area contributed by atoms with Crippen molar-refractivity contribution in [2.45, 2.75) is 96.0 Å². The summed E-state index contributed by atoms with van der Waals surface area (Å²) in [6.07, 6.45) is -5.40. The van der Waals surface area contributed by atoms with Crippen molar-refractivity contribution in [3.63, 3.8) is 0 Å². The van der Waals surface area contributed by atoms with Gasteiger partial charge in [0.15, 0.2) is 10.7 Å². The molecule has 2 heterocycles. The number of benzene rings is 1. The standard InChI is InChI=1S/C31H45F3N4O8S/c1-19-16-38(20(2)18-39)30(41)25-15-24(36-47(42,43)29-22(4)35-46-23(29)5)10-11-26(25)45-21(3)9-7-8-14-44-27(19)17-37(6)28(40)12-13-31(32,33)34/h10-11,15,19-21,27,36,39H,7-9,12-14,16-18H2,1-6H3/t19-,20-,21-,27+/m0/s1. The smallest absolute Gasteiger partial charge is 0.389 e. The molecule has 16 heteroatoms. The Hall–Kier alpha value is -3.37. The third kappa shape index (κ3) is 10.6. The average molecular weight is 691 g/mol. The van der Waals surface area contributed by atoms with Gasteiger partial charge in [-0.2, -0.15) is 13.2 Å². The molecular formula is C31H45F3N4O8S. The Morgan fingerprint density at radius 2 is 1.94 bits per heavy atom. The van der Waals surface area contributed by atoms with E-state index in [-0.39, 0.29) is 52.5 Å². The Bertz CT molecular complexity index is 1460. The maximum atomic E-state index is 14.3. The number of halogens is 3. The second-order valence-corrected chi connectivity index (χ2v) is 13.8. The molecule has 1 aliphatic rings. The van der Waals surface area contributed by atoms with Gasteiger partial charge >= 0.3 is 6.18 Å². The lowest BCUT2D eigenvalue weighted by molar-refractivity contribution is -0.149. The zero-order valence-electron chi connectivity index (χ0n) is 27.6. The molecule has 1 aromatic heterocycles. The molecule has 12 nitrogen and oxygen atoms in total. The zero-order valence-corrected chi connectivity index (χ0v) is 28.4. The summed E-state index contributed by atoms with van der Waals surface area (Å²) in [6.45, 7) is 8.21. The second kappa shape index (κ2) is 16.2. The summed E-state index contributed by atoms with van der Waals surface area (Å²) in [6, 6.07) is 3.67. The number of hydrogen-bond acceptors (Lipinski definition) is 9. The predicted molar refractivity (Wildman–Crippen MR) is 167 cm³/mol. The first-order chi connectivity index (χ1) is 21.9. The SMILES string of the molecule is Cc1noc(C)c1S(=O)(=O)Nc1ccc2c(c1)C(=O)N([C@@H](C)CO)C[C@H](C)[C@@H](CN(C)C(=O)CCC(F)(F)F)OCCCC[C@H](C)O2. The molecule has 4 atom stereocenters. The van der Waals surface area contributed by atoms with Gasteiger partial charge in [-0.15, -0.1) is 0 Å². The van der Waals surface area contributed by atoms with Gasteiger partial charge < -0.3 is 28.9 Å². The van der Waals surface area contributed by atoms with Gasteiger partial charge in [0.2, 0.25) is 5.91 Å². The number of fused-ring (bicyclic) bond motifs is 1. The molecule has 47 heavy (non-hydrogen) atoms. The van der Waals surface area contributed by atoms with Gasteiger partial charge in [-0.25, -0.2) is 8.42 Å². The van der Waals surface area contributed by atoms with Gasteiger partial charge in [-0.3, -0.25) is 14.3 Å². The number of aliphatic hydroxyl groups is 1. The molecule has 0 fully saturated rings. The number of anilines is 1. The van der Waals surface area contributed by atoms with E-state index in [2.05, 4.69) is 9.88 Å². The minimum absolute atomic E-state index is 0.00285. The molecule has 2 aromatic rings. The van der Waals surface area contributed by atoms with Gasteiger partial charge in [0.05, 0.1) is 36.8 Å². The molecule has 1 aliphatic heterocycles. The van der Waals surface area contributed by atoms with Crippen molar-refractivity contribution in [1.29, 1.82) is 0 Å². The molecule has 0 unspecified atom stereocenters. The summed E-state index contributed by atoms with van der Waals surface area (Å²) >= 11 is 0. The average Bonchev–Trinajstić information content (AvgIpc) is 3.34. The molecule has 0 radical (unpaired) electrons. The van der Waals surface area contributed by atoms with Gasteiger partial charge in [0.25, 0.3) is 15.9 Å². The van der Waals surface area contributed by atoms with E-state index < -0.39 is 65.5 Å². The highest BCUT2D eigenvalue weighted by molar-refractivity contribution is 7.92. The van der Waals surface area contributed by atoms with Crippen LogP contribution in [0.2, 0.25) is 0 Å². The number of carbonyl (C=O) groups excluding carboxylic acids is 2. The van der Waals surface area contributed by atoms with Crippen LogP contribution in [0.3, 0.4) is 0 Å². The van der Waals surface area contributed by atoms with Gasteiger partial charge in [0, 0.05) is 44.8 Å². The topological polar surface area (TPSA) is 152 Å². The maximum Gasteiger partial charge on any atom is 0.389 e. The number of nitrogens with one attached hydrogen (secondary N) is 1. The lowest BCUT2D eigenvalue weighted by Gasteiger charge is -2.36. The largest absolute Gasteiger partial charge is 0.490 e. The molecule has 0 spiro atoms. The third-order valence-corrected chi connectivity index (χ3v) is 9.67. The Labute approximate surface area is 273 Å². The summed E-state index contributed by atoms with van der Waals surface area (Å²) in [5.41, 5.74) is 0.305. The maximum absolute atomic E-state index is 14.3. The van der Waals surface area contributed by atoms with Crippen molar-refractivity contribution in [3.8, 4) is 5.75 Å². The normalized spacial score (nSPS) is 20.9. The number of alkyl halides is 3. The highest BCUT2D eigenvalue weighted by atomic mass is 32.2. The summed E-state index contributed by atoms with van der Waals surface area (Å²) < 4.78 is 84.5. The zero-order chi connectivity index (χ0) is 35.1. The molecule has 0 aliphatic carbocycles. The summed E-state index contributed by atoms with van der Waals surface area (Å²) in [5.74, 6) is -1.34. The van der Waals surface area contributed by atoms with Crippen LogP contribution in [-0.2, 0) is 19.6 Å². The van der Waals surface area contributed by atoms with Crippen LogP contribution in [0.15, 0.2) is 27.6 Å². The summed E-state index contributed by atoms with van der Waals surface area (Å²) in [5, 5.41) is 13.8. The molecule has 0 saturated heterocycles. The van der Waals surface area contributed by atoms with Gasteiger partial charge in [-0.1, -0.05) is 12.1 Å². The molecule has 1 aromatic carbocycles. The van der Waals surface area contributed by atoms with E-state index in [9.17, 15) is 36.3 Å². The van der Waals surface area contributed by atoms with Crippen molar-refractivity contribution in [2.24, 2.45) is 5.92 Å². The van der Waals surface area contributed by atoms with E-state index in [1.807, 2.05) is 6.92 Å². The highest BCUT2D eigenvalue weighted by Gasteiger charge is 2.33. The van der Waals surface area contributed by atoms with E-state index in [4.69, 9.17) is 14.0 Å². The lowest BCUT2D eigenvalue weighted by Crippen LogP contribution is -2.48. The van der Waals surface area contributed by atoms with Crippen LogP contribution in [0.4, 0.5) is 18.9 Å². The highest BCUT2D eigenvalue weighted by Crippen LogP contribution is 2.30. The fraction of sp³-hybridized carbons (Fsp3) is 0.645. The third-order valence-electron chi connectivity index (χ3n) is 8.04. The Balaban J connectivity index is 1.97. The monoisotopic (exact) mass is 690 g/mol. The second-order valence-electron chi connectivity index (χ2n) is 12.2. The molecule has 2 amide bonds. The molecular weight excluding hydrogens is 645 g/mol. The van der Waals surface area contributed by atoms with E-state index in [1.165, 1.54) is 48.9 Å². The number of aryl methyl sites for hydroxylation is 2. The van der Waals surface area contributed by atoms with Gasteiger partial charge in [-0.05, 0) is 65.2 Å². The Morgan fingerprint density at radius 3 is 2.55 bits per heavy atom. The van der Waals surface area contributed by atoms with Crippen molar-refractivity contribution in [1.82, 2.24) is 15.0 Å². The van der Waals surface area contributed by atoms with Crippen LogP contribution >= 0.6 is 0 Å².